The van der Waals surface area contributed by atoms with Gasteiger partial charge in [-0.25, -0.2) is 9.97 Å². The van der Waals surface area contributed by atoms with Gasteiger partial charge in [0.05, 0.1) is 44.4 Å². The number of fused-ring (bicyclic) bond motifs is 13. The van der Waals surface area contributed by atoms with Gasteiger partial charge in [0.1, 0.15) is 11.2 Å². The van der Waals surface area contributed by atoms with E-state index in [9.17, 15) is 0 Å². The molecule has 0 aliphatic carbocycles. The molecule has 0 radical (unpaired) electrons. The van der Waals surface area contributed by atoms with Crippen LogP contribution >= 0.6 is 0 Å². The molecule has 0 atom stereocenters. The van der Waals surface area contributed by atoms with Crippen LogP contribution in [0.5, 0.6) is 0 Å². The molecule has 13 rings (SSSR count). The van der Waals surface area contributed by atoms with Crippen LogP contribution in [-0.2, 0) is 0 Å². The fraction of sp³-hybridized carbons (Fsp3) is 0. The van der Waals surface area contributed by atoms with Gasteiger partial charge in [0.15, 0.2) is 5.82 Å². The molecule has 9 aromatic carbocycles. The first-order valence-corrected chi connectivity index (χ1v) is 20.0. The quantitative estimate of drug-likeness (QED) is 0.180. The molecule has 5 heteroatoms. The van der Waals surface area contributed by atoms with E-state index in [1.165, 1.54) is 26.9 Å². The fourth-order valence-corrected chi connectivity index (χ4v) is 9.55. The summed E-state index contributed by atoms with van der Waals surface area (Å²) in [5, 5.41) is 10.4. The Hall–Kier alpha value is -8.02. The van der Waals surface area contributed by atoms with Crippen molar-refractivity contribution in [3.05, 3.63) is 194 Å². The second-order valence-corrected chi connectivity index (χ2v) is 15.3. The Morgan fingerprint density at radius 1 is 0.373 bits per heavy atom. The van der Waals surface area contributed by atoms with Crippen molar-refractivity contribution in [3.8, 4) is 34.0 Å². The largest absolute Gasteiger partial charge is 0.455 e. The van der Waals surface area contributed by atoms with E-state index in [1.54, 1.807) is 0 Å². The number of benzene rings is 9. The van der Waals surface area contributed by atoms with E-state index in [2.05, 4.69) is 179 Å². The predicted octanol–water partition coefficient (Wildman–Crippen LogP) is 14.2. The Balaban J connectivity index is 1.08. The number of furan rings is 1. The lowest BCUT2D eigenvalue weighted by Crippen LogP contribution is -1.97. The number of hydrogen-bond acceptors (Lipinski definition) is 3. The van der Waals surface area contributed by atoms with Crippen LogP contribution in [0.25, 0.3) is 121 Å². The minimum Gasteiger partial charge on any atom is -0.455 e. The summed E-state index contributed by atoms with van der Waals surface area (Å²) in [4.78, 5) is 10.2. The van der Waals surface area contributed by atoms with Crippen molar-refractivity contribution < 1.29 is 4.42 Å². The Labute approximate surface area is 337 Å². The normalized spacial score (nSPS) is 12.1. The summed E-state index contributed by atoms with van der Waals surface area (Å²) in [5.41, 5.74) is 12.4. The first-order valence-electron chi connectivity index (χ1n) is 20.0. The van der Waals surface area contributed by atoms with Crippen LogP contribution in [0.1, 0.15) is 0 Å². The van der Waals surface area contributed by atoms with Crippen LogP contribution in [0.15, 0.2) is 199 Å². The lowest BCUT2D eigenvalue weighted by molar-refractivity contribution is 0.673. The van der Waals surface area contributed by atoms with Crippen LogP contribution < -0.4 is 0 Å². The van der Waals surface area contributed by atoms with Crippen molar-refractivity contribution in [2.24, 2.45) is 0 Å². The first kappa shape index (κ1) is 32.1. The summed E-state index contributed by atoms with van der Waals surface area (Å²) < 4.78 is 11.7. The van der Waals surface area contributed by atoms with Crippen molar-refractivity contribution >= 4 is 87.2 Å². The second kappa shape index (κ2) is 12.2. The molecular weight excluding hydrogens is 721 g/mol. The third-order valence-corrected chi connectivity index (χ3v) is 12.1. The summed E-state index contributed by atoms with van der Waals surface area (Å²) in [6.45, 7) is 0. The maximum Gasteiger partial charge on any atom is 0.160 e. The van der Waals surface area contributed by atoms with Gasteiger partial charge in [-0.2, -0.15) is 0 Å². The van der Waals surface area contributed by atoms with Crippen LogP contribution in [0, 0.1) is 0 Å². The van der Waals surface area contributed by atoms with E-state index in [4.69, 9.17) is 14.4 Å². The Morgan fingerprint density at radius 2 is 1.03 bits per heavy atom. The van der Waals surface area contributed by atoms with E-state index in [-0.39, 0.29) is 0 Å². The minimum atomic E-state index is 0.703. The maximum atomic E-state index is 6.85. The van der Waals surface area contributed by atoms with E-state index in [0.29, 0.717) is 5.82 Å². The van der Waals surface area contributed by atoms with Gasteiger partial charge < -0.3 is 13.6 Å². The monoisotopic (exact) mass is 752 g/mol. The van der Waals surface area contributed by atoms with E-state index in [1.807, 2.05) is 24.3 Å². The highest BCUT2D eigenvalue weighted by Crippen LogP contribution is 2.46. The summed E-state index contributed by atoms with van der Waals surface area (Å²) in [6, 6.07) is 68.8. The van der Waals surface area contributed by atoms with Crippen LogP contribution in [-0.4, -0.2) is 19.1 Å². The molecule has 0 spiro atoms. The molecule has 0 saturated carbocycles. The molecule has 4 aromatic heterocycles. The molecule has 0 saturated heterocycles. The van der Waals surface area contributed by atoms with Crippen LogP contribution in [0.2, 0.25) is 0 Å². The predicted molar refractivity (Wildman–Crippen MR) is 244 cm³/mol. The number of aromatic nitrogens is 4. The zero-order valence-corrected chi connectivity index (χ0v) is 31.7. The second-order valence-electron chi connectivity index (χ2n) is 15.3. The van der Waals surface area contributed by atoms with Gasteiger partial charge in [-0.15, -0.1) is 0 Å². The number of nitrogens with zero attached hydrogens (tertiary/aromatic N) is 4. The van der Waals surface area contributed by atoms with Gasteiger partial charge in [-0.1, -0.05) is 121 Å². The molecular formula is C54H32N4O. The molecule has 0 unspecified atom stereocenters. The van der Waals surface area contributed by atoms with Gasteiger partial charge in [-0.05, 0) is 78.2 Å². The Kier molecular flexibility index (Phi) is 6.66. The summed E-state index contributed by atoms with van der Waals surface area (Å²) >= 11 is 0. The summed E-state index contributed by atoms with van der Waals surface area (Å²) in [5.74, 6) is 0.703. The summed E-state index contributed by atoms with van der Waals surface area (Å²) in [7, 11) is 0. The van der Waals surface area contributed by atoms with Gasteiger partial charge in [0, 0.05) is 54.5 Å². The standard InChI is InChI=1S/C54H32N4O/c1-2-14-34(15-3-1)52-40-19-6-9-21-42(40)55-54(56-52)35-25-27-36(28-26-35)57-44-22-10-7-20-41(44)49-45(57)31-32-46-50(49)51-47(30-29-39-38-18-8-11-24-48(38)59-53(39)51)58(46)43-23-12-16-33-13-4-5-17-37(33)43/h1-32H. The molecule has 0 bridgehead atoms. The van der Waals surface area contributed by atoms with Crippen molar-refractivity contribution in [1.29, 1.82) is 0 Å². The lowest BCUT2D eigenvalue weighted by Gasteiger charge is -2.12. The van der Waals surface area contributed by atoms with Crippen molar-refractivity contribution in [2.75, 3.05) is 0 Å². The van der Waals surface area contributed by atoms with E-state index >= 15 is 0 Å². The zero-order valence-electron chi connectivity index (χ0n) is 31.7. The number of rotatable bonds is 4. The van der Waals surface area contributed by atoms with Crippen LogP contribution in [0.4, 0.5) is 0 Å². The molecule has 0 fully saturated rings. The van der Waals surface area contributed by atoms with Gasteiger partial charge in [-0.3, -0.25) is 0 Å². The molecule has 4 heterocycles. The topological polar surface area (TPSA) is 48.8 Å². The fourth-order valence-electron chi connectivity index (χ4n) is 9.55. The highest BCUT2D eigenvalue weighted by atomic mass is 16.3. The lowest BCUT2D eigenvalue weighted by atomic mass is 10.0. The van der Waals surface area contributed by atoms with Gasteiger partial charge in [0.2, 0.25) is 0 Å². The van der Waals surface area contributed by atoms with Gasteiger partial charge >= 0.3 is 0 Å². The molecule has 5 nitrogen and oxygen atoms in total. The number of hydrogen-bond donors (Lipinski definition) is 0. The smallest absolute Gasteiger partial charge is 0.160 e. The zero-order chi connectivity index (χ0) is 38.6. The highest BCUT2D eigenvalue weighted by molar-refractivity contribution is 6.34. The minimum absolute atomic E-state index is 0.703. The SMILES string of the molecule is c1ccc(-c2nc(-c3ccc(-n4c5ccccc5c5c6c7c8oc9ccccc9c8ccc7n(-c7cccc8ccccc78)c6ccc54)cc3)nc3ccccc23)cc1. The molecule has 274 valence electrons. The van der Waals surface area contributed by atoms with Crippen LogP contribution in [0.3, 0.4) is 0 Å². The molecule has 13 aromatic rings. The summed E-state index contributed by atoms with van der Waals surface area (Å²) in [6.07, 6.45) is 0. The van der Waals surface area contributed by atoms with E-state index < -0.39 is 0 Å². The van der Waals surface area contributed by atoms with Crippen molar-refractivity contribution in [1.82, 2.24) is 19.1 Å². The molecule has 0 amide bonds. The Morgan fingerprint density at radius 3 is 1.90 bits per heavy atom. The molecule has 0 N–H and O–H groups in total. The third-order valence-electron chi connectivity index (χ3n) is 12.1. The van der Waals surface area contributed by atoms with Crippen molar-refractivity contribution in [3.63, 3.8) is 0 Å². The number of para-hydroxylation sites is 3. The van der Waals surface area contributed by atoms with E-state index in [0.717, 1.165) is 88.5 Å². The average molecular weight is 753 g/mol. The molecule has 59 heavy (non-hydrogen) atoms. The van der Waals surface area contributed by atoms with Crippen molar-refractivity contribution in [2.45, 2.75) is 0 Å². The molecule has 0 aliphatic rings. The third kappa shape index (κ3) is 4.61. The van der Waals surface area contributed by atoms with Gasteiger partial charge in [0.25, 0.3) is 0 Å². The first-order chi connectivity index (χ1) is 29.3. The average Bonchev–Trinajstić information content (AvgIpc) is 3.96. The Bertz CT molecular complexity index is 3830. The maximum absolute atomic E-state index is 6.85. The highest BCUT2D eigenvalue weighted by Gasteiger charge is 2.24. The molecule has 0 aliphatic heterocycles.